The van der Waals surface area contributed by atoms with Crippen LogP contribution in [0.25, 0.3) is 0 Å². The van der Waals surface area contributed by atoms with Crippen LogP contribution in [0.1, 0.15) is 19.3 Å². The smallest absolute Gasteiger partial charge is 0.318 e. The summed E-state index contributed by atoms with van der Waals surface area (Å²) in [6.07, 6.45) is 1.32. The minimum absolute atomic E-state index is 0.0644. The Morgan fingerprint density at radius 1 is 1.00 bits per heavy atom. The summed E-state index contributed by atoms with van der Waals surface area (Å²) in [5.41, 5.74) is 0. The van der Waals surface area contributed by atoms with Crippen LogP contribution in [0.5, 0.6) is 0 Å². The fourth-order valence-corrected chi connectivity index (χ4v) is 5.05. The van der Waals surface area contributed by atoms with Crippen molar-refractivity contribution in [1.82, 2.24) is 4.31 Å². The second-order valence-electron chi connectivity index (χ2n) is 5.46. The monoisotopic (exact) mass is 303 g/mol. The molecule has 2 unspecified atom stereocenters. The summed E-state index contributed by atoms with van der Waals surface area (Å²) in [6.45, 7) is 1.24. The number of cyclic esters (lactones) is 2. The van der Waals surface area contributed by atoms with Crippen molar-refractivity contribution >= 4 is 22.0 Å². The van der Waals surface area contributed by atoms with E-state index in [-0.39, 0.29) is 13.1 Å². The molecule has 3 saturated heterocycles. The Hall–Kier alpha value is -0.990. The van der Waals surface area contributed by atoms with Crippen LogP contribution in [-0.2, 0) is 29.1 Å². The largest absolute Gasteiger partial charge is 0.393 e. The standard InChI is InChI=1S/C12H17NO6S/c14-11-9-1-4-13(7-10(9)12(15)19-11)20(16,17)8-2-5-18-6-3-8/h8-10H,1-7H2. The predicted molar refractivity (Wildman–Crippen MR) is 67.0 cm³/mol. The molecule has 0 radical (unpaired) electrons. The number of hydrogen-bond acceptors (Lipinski definition) is 6. The molecule has 0 amide bonds. The average molecular weight is 303 g/mol. The van der Waals surface area contributed by atoms with E-state index in [0.29, 0.717) is 32.5 Å². The number of carbonyl (C=O) groups is 2. The highest BCUT2D eigenvalue weighted by atomic mass is 32.2. The summed E-state index contributed by atoms with van der Waals surface area (Å²) >= 11 is 0. The Balaban J connectivity index is 1.75. The number of fused-ring (bicyclic) bond motifs is 1. The molecule has 0 N–H and O–H groups in total. The summed E-state index contributed by atoms with van der Waals surface area (Å²) < 4.78 is 36.2. The molecule has 3 aliphatic rings. The molecule has 8 heteroatoms. The van der Waals surface area contributed by atoms with E-state index in [0.717, 1.165) is 0 Å². The van der Waals surface area contributed by atoms with E-state index < -0.39 is 39.0 Å². The van der Waals surface area contributed by atoms with E-state index in [1.807, 2.05) is 0 Å². The summed E-state index contributed by atoms with van der Waals surface area (Å²) in [5, 5.41) is -0.444. The van der Waals surface area contributed by atoms with Crippen molar-refractivity contribution in [1.29, 1.82) is 0 Å². The maximum atomic E-state index is 12.6. The number of carbonyl (C=O) groups excluding carboxylic acids is 2. The van der Waals surface area contributed by atoms with Gasteiger partial charge in [-0.1, -0.05) is 0 Å². The molecule has 3 fully saturated rings. The van der Waals surface area contributed by atoms with Gasteiger partial charge in [-0.15, -0.1) is 0 Å². The van der Waals surface area contributed by atoms with Crippen LogP contribution in [-0.4, -0.2) is 56.2 Å². The van der Waals surface area contributed by atoms with E-state index in [1.54, 1.807) is 0 Å². The van der Waals surface area contributed by atoms with Crippen LogP contribution in [0, 0.1) is 11.8 Å². The Bertz CT molecular complexity index is 524. The molecule has 7 nitrogen and oxygen atoms in total. The highest BCUT2D eigenvalue weighted by molar-refractivity contribution is 7.89. The molecule has 0 spiro atoms. The van der Waals surface area contributed by atoms with Crippen molar-refractivity contribution in [3.8, 4) is 0 Å². The van der Waals surface area contributed by atoms with Gasteiger partial charge in [0.15, 0.2) is 0 Å². The lowest BCUT2D eigenvalue weighted by Gasteiger charge is -2.34. The van der Waals surface area contributed by atoms with Gasteiger partial charge in [-0.3, -0.25) is 9.59 Å². The fourth-order valence-electron chi connectivity index (χ4n) is 3.11. The van der Waals surface area contributed by atoms with Crippen molar-refractivity contribution in [2.45, 2.75) is 24.5 Å². The zero-order valence-electron chi connectivity index (χ0n) is 11.0. The topological polar surface area (TPSA) is 90.0 Å². The Kier molecular flexibility index (Phi) is 3.55. The first kappa shape index (κ1) is 14.0. The third-order valence-corrected chi connectivity index (χ3v) is 6.70. The van der Waals surface area contributed by atoms with Crippen LogP contribution < -0.4 is 0 Å². The van der Waals surface area contributed by atoms with Crippen molar-refractivity contribution in [3.63, 3.8) is 0 Å². The zero-order chi connectivity index (χ0) is 14.3. The van der Waals surface area contributed by atoms with Crippen molar-refractivity contribution < 1.29 is 27.5 Å². The maximum Gasteiger partial charge on any atom is 0.318 e. The van der Waals surface area contributed by atoms with Gasteiger partial charge in [-0.05, 0) is 19.3 Å². The minimum Gasteiger partial charge on any atom is -0.393 e. The number of sulfonamides is 1. The first-order valence-corrected chi connectivity index (χ1v) is 8.32. The molecule has 3 rings (SSSR count). The van der Waals surface area contributed by atoms with Crippen LogP contribution >= 0.6 is 0 Å². The summed E-state index contributed by atoms with van der Waals surface area (Å²) in [5.74, 6) is -2.20. The normalized spacial score (nSPS) is 33.0. The third kappa shape index (κ3) is 2.25. The van der Waals surface area contributed by atoms with Crippen LogP contribution in [0.2, 0.25) is 0 Å². The predicted octanol–water partition coefficient (Wildman–Crippen LogP) is -0.483. The summed E-state index contributed by atoms with van der Waals surface area (Å²) in [7, 11) is -3.43. The molecule has 3 heterocycles. The third-order valence-electron chi connectivity index (χ3n) is 4.33. The van der Waals surface area contributed by atoms with Crippen molar-refractivity contribution in [3.05, 3.63) is 0 Å². The van der Waals surface area contributed by atoms with E-state index >= 15 is 0 Å². The minimum atomic E-state index is -3.43. The number of esters is 2. The first-order chi connectivity index (χ1) is 9.50. The van der Waals surface area contributed by atoms with Gasteiger partial charge in [0.1, 0.15) is 0 Å². The molecule has 0 aromatic rings. The molecule has 0 aliphatic carbocycles. The van der Waals surface area contributed by atoms with E-state index in [9.17, 15) is 18.0 Å². The molecular formula is C12H17NO6S. The second kappa shape index (κ2) is 5.09. The van der Waals surface area contributed by atoms with Crippen molar-refractivity contribution in [2.24, 2.45) is 11.8 Å². The van der Waals surface area contributed by atoms with Gasteiger partial charge >= 0.3 is 11.9 Å². The zero-order valence-corrected chi connectivity index (χ0v) is 11.8. The van der Waals surface area contributed by atoms with E-state index in [1.165, 1.54) is 4.31 Å². The molecule has 0 aromatic carbocycles. The van der Waals surface area contributed by atoms with Crippen LogP contribution in [0.15, 0.2) is 0 Å². The lowest BCUT2D eigenvalue weighted by molar-refractivity contribution is -0.153. The summed E-state index contributed by atoms with van der Waals surface area (Å²) in [6, 6.07) is 0. The fraction of sp³-hybridized carbons (Fsp3) is 0.833. The quantitative estimate of drug-likeness (QED) is 0.505. The lowest BCUT2D eigenvalue weighted by atomic mass is 9.89. The Morgan fingerprint density at radius 3 is 2.35 bits per heavy atom. The second-order valence-corrected chi connectivity index (χ2v) is 7.67. The van der Waals surface area contributed by atoms with E-state index in [2.05, 4.69) is 4.74 Å². The molecule has 0 aromatic heterocycles. The number of ether oxygens (including phenoxy) is 2. The Labute approximate surface area is 117 Å². The van der Waals surface area contributed by atoms with Crippen LogP contribution in [0.4, 0.5) is 0 Å². The first-order valence-electron chi connectivity index (χ1n) is 6.82. The number of hydrogen-bond donors (Lipinski definition) is 0. The molecule has 0 bridgehead atoms. The highest BCUT2D eigenvalue weighted by Crippen LogP contribution is 2.34. The van der Waals surface area contributed by atoms with Gasteiger partial charge in [0, 0.05) is 26.3 Å². The molecular weight excluding hydrogens is 286 g/mol. The average Bonchev–Trinajstić information content (AvgIpc) is 2.75. The number of nitrogens with zero attached hydrogens (tertiary/aromatic N) is 1. The molecule has 112 valence electrons. The van der Waals surface area contributed by atoms with Gasteiger partial charge in [0.25, 0.3) is 0 Å². The molecule has 3 aliphatic heterocycles. The Morgan fingerprint density at radius 2 is 1.65 bits per heavy atom. The SMILES string of the molecule is O=C1OC(=O)C2CN(S(=O)(=O)C3CCOCC3)CCC12. The van der Waals surface area contributed by atoms with Gasteiger partial charge < -0.3 is 9.47 Å². The van der Waals surface area contributed by atoms with Crippen LogP contribution in [0.3, 0.4) is 0 Å². The molecule has 0 saturated carbocycles. The lowest BCUT2D eigenvalue weighted by Crippen LogP contribution is -2.49. The highest BCUT2D eigenvalue weighted by Gasteiger charge is 2.50. The maximum absolute atomic E-state index is 12.6. The van der Waals surface area contributed by atoms with Crippen molar-refractivity contribution in [2.75, 3.05) is 26.3 Å². The van der Waals surface area contributed by atoms with Gasteiger partial charge in [0.2, 0.25) is 10.0 Å². The number of rotatable bonds is 2. The van der Waals surface area contributed by atoms with Gasteiger partial charge in [-0.2, -0.15) is 0 Å². The van der Waals surface area contributed by atoms with Gasteiger partial charge in [0.05, 0.1) is 17.1 Å². The summed E-state index contributed by atoms with van der Waals surface area (Å²) in [4.78, 5) is 23.0. The molecule has 20 heavy (non-hydrogen) atoms. The van der Waals surface area contributed by atoms with E-state index in [4.69, 9.17) is 4.74 Å². The number of piperidine rings is 1. The van der Waals surface area contributed by atoms with Gasteiger partial charge in [-0.25, -0.2) is 12.7 Å². The molecule has 2 atom stereocenters.